The van der Waals surface area contributed by atoms with Crippen LogP contribution in [0.2, 0.25) is 0 Å². The second-order valence-corrected chi connectivity index (χ2v) is 9.23. The van der Waals surface area contributed by atoms with Crippen LogP contribution in [0.15, 0.2) is 0 Å². The highest BCUT2D eigenvalue weighted by Crippen LogP contribution is 2.33. The van der Waals surface area contributed by atoms with Gasteiger partial charge in [-0.3, -0.25) is 4.79 Å². The minimum Gasteiger partial charge on any atom is -0.465 e. The first-order valence-corrected chi connectivity index (χ1v) is 12.3. The highest BCUT2D eigenvalue weighted by molar-refractivity contribution is 5.72. The van der Waals surface area contributed by atoms with Gasteiger partial charge in [-0.25, -0.2) is 0 Å². The van der Waals surface area contributed by atoms with Gasteiger partial charge in [0, 0.05) is 0 Å². The fourth-order valence-electron chi connectivity index (χ4n) is 4.35. The second kappa shape index (κ2) is 16.4. The van der Waals surface area contributed by atoms with Crippen molar-refractivity contribution in [2.45, 2.75) is 130 Å². The Bertz CT molecular complexity index is 352. The Labute approximate surface area is 170 Å². The number of carbonyl (C=O) groups excluding carboxylic acids is 1. The zero-order valence-electron chi connectivity index (χ0n) is 18.8. The zero-order valence-corrected chi connectivity index (χ0v) is 18.8. The lowest BCUT2D eigenvalue weighted by Crippen LogP contribution is -2.28. The van der Waals surface area contributed by atoms with Gasteiger partial charge in [-0.05, 0) is 37.5 Å². The summed E-state index contributed by atoms with van der Waals surface area (Å²) in [5.74, 6) is 1.67. The summed E-state index contributed by atoms with van der Waals surface area (Å²) in [5, 5.41) is 0. The summed E-state index contributed by atoms with van der Waals surface area (Å²) in [7, 11) is 0. The molecule has 0 heterocycles. The van der Waals surface area contributed by atoms with E-state index in [1.165, 1.54) is 89.9 Å². The van der Waals surface area contributed by atoms with Gasteiger partial charge in [0.2, 0.25) is 0 Å². The quantitative estimate of drug-likeness (QED) is 0.200. The van der Waals surface area contributed by atoms with Crippen molar-refractivity contribution >= 4 is 5.97 Å². The number of carbonyl (C=O) groups is 1. The first kappa shape index (κ1) is 24.5. The lowest BCUT2D eigenvalue weighted by molar-refractivity contribution is -0.150. The maximum Gasteiger partial charge on any atom is 0.308 e. The molecule has 2 nitrogen and oxygen atoms in total. The van der Waals surface area contributed by atoms with Crippen LogP contribution in [-0.4, -0.2) is 12.6 Å². The summed E-state index contributed by atoms with van der Waals surface area (Å²) >= 11 is 0. The molecular formula is C25H48O2. The Kier molecular flexibility index (Phi) is 14.9. The maximum atomic E-state index is 12.2. The van der Waals surface area contributed by atoms with Crippen LogP contribution in [-0.2, 0) is 9.53 Å². The van der Waals surface area contributed by atoms with Crippen molar-refractivity contribution in [2.24, 2.45) is 17.8 Å². The maximum absolute atomic E-state index is 12.2. The molecule has 0 aromatic carbocycles. The Morgan fingerprint density at radius 2 is 1.19 bits per heavy atom. The van der Waals surface area contributed by atoms with Crippen LogP contribution >= 0.6 is 0 Å². The molecule has 0 bridgehead atoms. The molecule has 27 heavy (non-hydrogen) atoms. The molecule has 0 amide bonds. The molecule has 160 valence electrons. The van der Waals surface area contributed by atoms with E-state index in [0.29, 0.717) is 12.5 Å². The molecule has 0 radical (unpaired) electrons. The summed E-state index contributed by atoms with van der Waals surface area (Å²) in [6.07, 6.45) is 22.3. The van der Waals surface area contributed by atoms with Crippen LogP contribution in [0.3, 0.4) is 0 Å². The number of hydrogen-bond donors (Lipinski definition) is 0. The van der Waals surface area contributed by atoms with Crippen molar-refractivity contribution in [1.82, 2.24) is 0 Å². The molecule has 0 N–H and O–H groups in total. The number of unbranched alkanes of at least 4 members (excludes halogenated alkanes) is 13. The fraction of sp³-hybridized carbons (Fsp3) is 0.960. The van der Waals surface area contributed by atoms with Gasteiger partial charge >= 0.3 is 5.97 Å². The van der Waals surface area contributed by atoms with Crippen LogP contribution in [0.4, 0.5) is 0 Å². The second-order valence-electron chi connectivity index (χ2n) is 9.23. The molecule has 0 spiro atoms. The van der Waals surface area contributed by atoms with E-state index >= 15 is 0 Å². The van der Waals surface area contributed by atoms with Gasteiger partial charge < -0.3 is 4.74 Å². The van der Waals surface area contributed by atoms with Crippen molar-refractivity contribution in [3.05, 3.63) is 0 Å². The summed E-state index contributed by atoms with van der Waals surface area (Å²) in [6, 6.07) is 0. The summed E-state index contributed by atoms with van der Waals surface area (Å²) < 4.78 is 5.53. The van der Waals surface area contributed by atoms with Crippen molar-refractivity contribution in [2.75, 3.05) is 6.61 Å². The highest BCUT2D eigenvalue weighted by Gasteiger charge is 2.29. The zero-order chi connectivity index (χ0) is 19.7. The molecule has 0 aliphatic heterocycles. The van der Waals surface area contributed by atoms with Crippen molar-refractivity contribution in [3.63, 3.8) is 0 Å². The third kappa shape index (κ3) is 12.5. The normalized spacial score (nSPS) is 22.7. The van der Waals surface area contributed by atoms with E-state index in [1.807, 2.05) is 0 Å². The van der Waals surface area contributed by atoms with Crippen LogP contribution in [0, 0.1) is 17.8 Å². The minimum absolute atomic E-state index is 0.0726. The van der Waals surface area contributed by atoms with E-state index in [0.717, 1.165) is 25.2 Å². The SMILES string of the molecule is CCCCCCCCCCCCCCCCOC(=O)C1CCC(C)C(C)C1. The smallest absolute Gasteiger partial charge is 0.308 e. The third-order valence-electron chi connectivity index (χ3n) is 6.67. The van der Waals surface area contributed by atoms with Gasteiger partial charge in [0.1, 0.15) is 0 Å². The highest BCUT2D eigenvalue weighted by atomic mass is 16.5. The molecule has 2 heteroatoms. The first-order valence-electron chi connectivity index (χ1n) is 12.3. The van der Waals surface area contributed by atoms with E-state index in [1.54, 1.807) is 0 Å². The van der Waals surface area contributed by atoms with E-state index in [4.69, 9.17) is 4.74 Å². The number of ether oxygens (including phenoxy) is 1. The molecule has 1 aliphatic rings. The van der Waals surface area contributed by atoms with Crippen LogP contribution < -0.4 is 0 Å². The Morgan fingerprint density at radius 1 is 0.704 bits per heavy atom. The van der Waals surface area contributed by atoms with Gasteiger partial charge in [0.25, 0.3) is 0 Å². The lowest BCUT2D eigenvalue weighted by Gasteiger charge is -2.30. The van der Waals surface area contributed by atoms with Crippen LogP contribution in [0.5, 0.6) is 0 Å². The molecule has 1 saturated carbocycles. The molecule has 1 rings (SSSR count). The van der Waals surface area contributed by atoms with Crippen molar-refractivity contribution < 1.29 is 9.53 Å². The molecule has 3 unspecified atom stereocenters. The molecule has 0 saturated heterocycles. The average Bonchev–Trinajstić information content (AvgIpc) is 2.66. The Balaban J connectivity index is 1.81. The molecular weight excluding hydrogens is 332 g/mol. The van der Waals surface area contributed by atoms with E-state index in [9.17, 15) is 4.79 Å². The number of hydrogen-bond acceptors (Lipinski definition) is 2. The van der Waals surface area contributed by atoms with Crippen molar-refractivity contribution in [3.8, 4) is 0 Å². The largest absolute Gasteiger partial charge is 0.465 e. The van der Waals surface area contributed by atoms with Gasteiger partial charge in [-0.15, -0.1) is 0 Å². The Morgan fingerprint density at radius 3 is 1.67 bits per heavy atom. The number of esters is 1. The van der Waals surface area contributed by atoms with Gasteiger partial charge in [-0.1, -0.05) is 104 Å². The third-order valence-corrected chi connectivity index (χ3v) is 6.67. The van der Waals surface area contributed by atoms with E-state index in [-0.39, 0.29) is 11.9 Å². The summed E-state index contributed by atoms with van der Waals surface area (Å²) in [6.45, 7) is 7.50. The van der Waals surface area contributed by atoms with Crippen molar-refractivity contribution in [1.29, 1.82) is 0 Å². The standard InChI is InChI=1S/C25H48O2/c1-4-5-6-7-8-9-10-11-12-13-14-15-16-17-20-27-25(26)24-19-18-22(2)23(3)21-24/h22-24H,4-21H2,1-3H3. The summed E-state index contributed by atoms with van der Waals surface area (Å²) in [5.41, 5.74) is 0. The van der Waals surface area contributed by atoms with E-state index < -0.39 is 0 Å². The van der Waals surface area contributed by atoms with Gasteiger partial charge in [0.15, 0.2) is 0 Å². The van der Waals surface area contributed by atoms with Gasteiger partial charge in [0.05, 0.1) is 12.5 Å². The Hall–Kier alpha value is -0.530. The van der Waals surface area contributed by atoms with E-state index in [2.05, 4.69) is 20.8 Å². The van der Waals surface area contributed by atoms with Gasteiger partial charge in [-0.2, -0.15) is 0 Å². The average molecular weight is 381 g/mol. The predicted molar refractivity (Wildman–Crippen MR) is 117 cm³/mol. The first-order chi connectivity index (χ1) is 13.1. The van der Waals surface area contributed by atoms with Crippen LogP contribution in [0.25, 0.3) is 0 Å². The topological polar surface area (TPSA) is 26.3 Å². The molecule has 0 aromatic rings. The lowest BCUT2D eigenvalue weighted by atomic mass is 9.76. The molecule has 3 atom stereocenters. The summed E-state index contributed by atoms with van der Waals surface area (Å²) in [4.78, 5) is 12.2. The predicted octanol–water partition coefficient (Wildman–Crippen LogP) is 8.08. The molecule has 1 aliphatic carbocycles. The fourth-order valence-corrected chi connectivity index (χ4v) is 4.35. The monoisotopic (exact) mass is 380 g/mol. The number of rotatable bonds is 16. The minimum atomic E-state index is 0.0726. The molecule has 1 fully saturated rings. The molecule has 0 aromatic heterocycles. The van der Waals surface area contributed by atoms with Crippen LogP contribution in [0.1, 0.15) is 130 Å².